The molecular formula is C32H38F6N2O6S2. The molecule has 48 heavy (non-hydrogen) atoms. The van der Waals surface area contributed by atoms with Gasteiger partial charge in [0.2, 0.25) is 0 Å². The summed E-state index contributed by atoms with van der Waals surface area (Å²) < 4.78 is 130. The molecule has 0 amide bonds. The number of sulfone groups is 2. The molecule has 266 valence electrons. The first-order valence-corrected chi connectivity index (χ1v) is 17.3. The number of rotatable bonds is 8. The van der Waals surface area contributed by atoms with Crippen LogP contribution in [0.1, 0.15) is 58.9 Å². The second kappa shape index (κ2) is 14.2. The number of piperidine rings is 1. The largest absolute Gasteiger partial charge is 0.573 e. The fourth-order valence-electron chi connectivity index (χ4n) is 5.95. The van der Waals surface area contributed by atoms with Crippen LogP contribution in [0, 0.1) is 5.92 Å². The summed E-state index contributed by atoms with van der Waals surface area (Å²) in [7, 11) is -7.26. The molecule has 0 radical (unpaired) electrons. The summed E-state index contributed by atoms with van der Waals surface area (Å²) >= 11 is 0. The Kier molecular flexibility index (Phi) is 11.6. The number of alkyl halides is 6. The van der Waals surface area contributed by atoms with E-state index in [4.69, 9.17) is 0 Å². The van der Waals surface area contributed by atoms with E-state index in [-0.39, 0.29) is 30.6 Å². The summed E-state index contributed by atoms with van der Waals surface area (Å²) in [5.74, 6) is -0.756. The number of pyridine rings is 1. The number of halogens is 6. The molecule has 2 aliphatic carbocycles. The second-order valence-corrected chi connectivity index (χ2v) is 15.9. The maximum atomic E-state index is 12.9. The predicted octanol–water partition coefficient (Wildman–Crippen LogP) is 7.61. The molecule has 2 heterocycles. The lowest BCUT2D eigenvalue weighted by atomic mass is 9.92. The molecule has 1 saturated heterocycles. The Labute approximate surface area is 276 Å². The van der Waals surface area contributed by atoms with Gasteiger partial charge < -0.3 is 14.8 Å². The number of nitrogens with zero attached hydrogens (tertiary/aromatic N) is 1. The van der Waals surface area contributed by atoms with Crippen molar-refractivity contribution in [2.24, 2.45) is 5.92 Å². The maximum absolute atomic E-state index is 12.9. The molecule has 0 spiro atoms. The lowest BCUT2D eigenvalue weighted by Gasteiger charge is -2.30. The Bertz CT molecular complexity index is 1720. The number of benzene rings is 2. The van der Waals surface area contributed by atoms with E-state index in [0.717, 1.165) is 62.3 Å². The third kappa shape index (κ3) is 8.25. The van der Waals surface area contributed by atoms with E-state index in [2.05, 4.69) is 19.8 Å². The van der Waals surface area contributed by atoms with Gasteiger partial charge in [0.25, 0.3) is 0 Å². The smallest absolute Gasteiger partial charge is 0.406 e. The van der Waals surface area contributed by atoms with Gasteiger partial charge in [-0.25, -0.2) is 16.8 Å². The number of aromatic nitrogens is 1. The fourth-order valence-corrected chi connectivity index (χ4v) is 10.3. The highest BCUT2D eigenvalue weighted by Gasteiger charge is 2.59. The zero-order chi connectivity index (χ0) is 33.4. The summed E-state index contributed by atoms with van der Waals surface area (Å²) in [6.45, 7) is 1.61. The molecule has 8 nitrogen and oxygen atoms in total. The van der Waals surface area contributed by atoms with Crippen LogP contribution in [0.15, 0.2) is 82.8 Å². The Balaban J connectivity index is 0.000000250. The third-order valence-electron chi connectivity index (χ3n) is 8.52. The monoisotopic (exact) mass is 724 g/mol. The zero-order valence-electron chi connectivity index (χ0n) is 24.1. The van der Waals surface area contributed by atoms with Crippen LogP contribution >= 0.6 is 0 Å². The Morgan fingerprint density at radius 3 is 1.44 bits per heavy atom. The van der Waals surface area contributed by atoms with E-state index >= 15 is 0 Å². The number of hydrogen-bond donors (Lipinski definition) is 1. The van der Waals surface area contributed by atoms with Gasteiger partial charge in [-0.1, -0.05) is 14.9 Å². The summed E-state index contributed by atoms with van der Waals surface area (Å²) in [6, 6.07) is 12.1. The highest BCUT2D eigenvalue weighted by molar-refractivity contribution is 7.93. The second-order valence-electron chi connectivity index (χ2n) is 11.4. The van der Waals surface area contributed by atoms with E-state index in [1.165, 1.54) is 24.5 Å². The molecule has 3 aromatic rings. The van der Waals surface area contributed by atoms with Crippen LogP contribution < -0.4 is 14.8 Å². The third-order valence-corrected chi connectivity index (χ3v) is 13.8. The number of hydrogen-bond acceptors (Lipinski definition) is 8. The van der Waals surface area contributed by atoms with Crippen molar-refractivity contribution in [2.75, 3.05) is 13.1 Å². The molecule has 1 aromatic heterocycles. The molecule has 3 fully saturated rings. The minimum Gasteiger partial charge on any atom is -0.406 e. The van der Waals surface area contributed by atoms with Crippen LogP contribution in [0.3, 0.4) is 0 Å². The van der Waals surface area contributed by atoms with Gasteiger partial charge in [0, 0.05) is 12.4 Å². The molecule has 0 unspecified atom stereocenters. The van der Waals surface area contributed by atoms with E-state index in [1.807, 2.05) is 0 Å². The summed E-state index contributed by atoms with van der Waals surface area (Å²) in [4.78, 5) is 3.91. The quantitative estimate of drug-likeness (QED) is 0.237. The minimum atomic E-state index is -4.81. The maximum Gasteiger partial charge on any atom is 0.573 e. The van der Waals surface area contributed by atoms with Gasteiger partial charge in [0.1, 0.15) is 16.2 Å². The van der Waals surface area contributed by atoms with Crippen LogP contribution in [0.2, 0.25) is 0 Å². The number of nitrogens with one attached hydrogen (secondary N) is 1. The van der Waals surface area contributed by atoms with Gasteiger partial charge in [-0.05, 0) is 124 Å². The average molecular weight is 725 g/mol. The highest BCUT2D eigenvalue weighted by atomic mass is 32.2. The zero-order valence-corrected chi connectivity index (χ0v) is 25.8. The van der Waals surface area contributed by atoms with Crippen molar-refractivity contribution in [1.82, 2.24) is 10.3 Å². The molecule has 0 atom stereocenters. The van der Waals surface area contributed by atoms with E-state index in [0.29, 0.717) is 31.2 Å². The van der Waals surface area contributed by atoms with Crippen molar-refractivity contribution in [2.45, 2.75) is 85.4 Å². The van der Waals surface area contributed by atoms with Gasteiger partial charge in [-0.15, -0.1) is 26.3 Å². The molecule has 1 N–H and O–H groups in total. The summed E-state index contributed by atoms with van der Waals surface area (Å²) in [6.07, 6.45) is -2.73. The van der Waals surface area contributed by atoms with Crippen LogP contribution in [-0.4, -0.2) is 52.4 Å². The summed E-state index contributed by atoms with van der Waals surface area (Å²) in [5.41, 5.74) is 0.642. The van der Waals surface area contributed by atoms with Crippen molar-refractivity contribution < 1.29 is 52.7 Å². The van der Waals surface area contributed by atoms with Gasteiger partial charge in [-0.2, -0.15) is 0 Å². The van der Waals surface area contributed by atoms with Gasteiger partial charge in [-0.3, -0.25) is 4.98 Å². The Morgan fingerprint density at radius 1 is 0.646 bits per heavy atom. The Hall–Kier alpha value is -3.37. The first-order valence-electron chi connectivity index (χ1n) is 14.3. The fraction of sp³-hybridized carbons (Fsp3) is 0.469. The molecule has 1 aliphatic heterocycles. The van der Waals surface area contributed by atoms with E-state index in [9.17, 15) is 43.2 Å². The highest BCUT2D eigenvalue weighted by Crippen LogP contribution is 2.56. The lowest BCUT2D eigenvalue weighted by molar-refractivity contribution is -0.275. The molecule has 2 aromatic carbocycles. The van der Waals surface area contributed by atoms with Gasteiger partial charge in [0.15, 0.2) is 19.7 Å². The Morgan fingerprint density at radius 2 is 1.06 bits per heavy atom. The first kappa shape index (κ1) is 39.1. The summed E-state index contributed by atoms with van der Waals surface area (Å²) in [5, 5.41) is 3.22. The first-order chi connectivity index (χ1) is 21.5. The molecule has 0 bridgehead atoms. The molecule has 16 heteroatoms. The van der Waals surface area contributed by atoms with Crippen molar-refractivity contribution in [1.29, 1.82) is 0 Å². The van der Waals surface area contributed by atoms with Crippen molar-refractivity contribution >= 4 is 19.7 Å². The van der Waals surface area contributed by atoms with Gasteiger partial charge >= 0.3 is 12.7 Å². The normalized spacial score (nSPS) is 18.5. The SMILES string of the molecule is C.C.O=S(=O)(c1ccc(OC(F)(F)F)cc1)C1(C2CCNCC2)CC1.O=S(=O)(c1ccc(OC(F)(F)F)cc1)C1(c2ccncc2)CC1. The van der Waals surface area contributed by atoms with E-state index < -0.39 is 53.4 Å². The predicted molar refractivity (Wildman–Crippen MR) is 167 cm³/mol. The molecule has 2 saturated carbocycles. The van der Waals surface area contributed by atoms with Crippen LogP contribution in [0.25, 0.3) is 0 Å². The van der Waals surface area contributed by atoms with Crippen molar-refractivity contribution in [3.8, 4) is 11.5 Å². The van der Waals surface area contributed by atoms with Crippen molar-refractivity contribution in [3.05, 3.63) is 78.6 Å². The molecule has 6 rings (SSSR count). The topological polar surface area (TPSA) is 112 Å². The minimum absolute atomic E-state index is 0. The molecular weight excluding hydrogens is 686 g/mol. The van der Waals surface area contributed by atoms with Crippen LogP contribution in [0.4, 0.5) is 26.3 Å². The van der Waals surface area contributed by atoms with Crippen molar-refractivity contribution in [3.63, 3.8) is 0 Å². The van der Waals surface area contributed by atoms with Gasteiger partial charge in [0.05, 0.1) is 14.5 Å². The lowest BCUT2D eigenvalue weighted by Crippen LogP contribution is -2.39. The standard InChI is InChI=1S/C15H18F3NO3S.C15H12F3NO3S.2CH4/c2*16-15(17,18)22-12-1-3-13(4-2-12)23(20,21)14(7-8-14)11-5-9-19-10-6-11;;/h1-4,11,19H,5-10H2;1-6,9-10H,7-8H2;2*1H4. The van der Waals surface area contributed by atoms with Crippen LogP contribution in [0.5, 0.6) is 11.5 Å². The number of ether oxygens (including phenoxy) is 2. The molecule has 3 aliphatic rings. The van der Waals surface area contributed by atoms with E-state index in [1.54, 1.807) is 12.1 Å². The average Bonchev–Trinajstić information content (AvgIpc) is 3.92. The van der Waals surface area contributed by atoms with Crippen LogP contribution in [-0.2, 0) is 24.4 Å².